The molecule has 3 aliphatic carbocycles. The van der Waals surface area contributed by atoms with Crippen LogP contribution in [0.3, 0.4) is 0 Å². The summed E-state index contributed by atoms with van der Waals surface area (Å²) in [7, 11) is 0. The van der Waals surface area contributed by atoms with Crippen molar-refractivity contribution < 1.29 is 0 Å². The third-order valence-corrected chi connectivity index (χ3v) is 9.33. The second-order valence-corrected chi connectivity index (χ2v) is 11.5. The number of benzene rings is 2. The quantitative estimate of drug-likeness (QED) is 0.324. The van der Waals surface area contributed by atoms with Crippen LogP contribution >= 0.6 is 0 Å². The van der Waals surface area contributed by atoms with E-state index in [2.05, 4.69) is 126 Å². The summed E-state index contributed by atoms with van der Waals surface area (Å²) in [5, 5.41) is 1.32. The lowest BCUT2D eigenvalue weighted by Crippen LogP contribution is -2.35. The Morgan fingerprint density at radius 1 is 0.925 bits per heavy atom. The largest absolute Gasteiger partial charge is 0.341 e. The SMILES string of the molecule is C=CC1=C(/C=C\C)C2CCCCC2N1C1=CC=C(c2ccc(-n3c4c(c5ccccc53)C=CC=CC4)cc2)CC1. The second kappa shape index (κ2) is 10.5. The van der Waals surface area contributed by atoms with Crippen LogP contribution in [0.5, 0.6) is 0 Å². The third-order valence-electron chi connectivity index (χ3n) is 9.33. The molecule has 1 aliphatic heterocycles. The highest BCUT2D eigenvalue weighted by Crippen LogP contribution is 2.47. The minimum atomic E-state index is 0.588. The zero-order chi connectivity index (χ0) is 27.1. The predicted molar refractivity (Wildman–Crippen MR) is 170 cm³/mol. The fourth-order valence-corrected chi connectivity index (χ4v) is 7.57. The highest BCUT2D eigenvalue weighted by molar-refractivity contribution is 5.93. The lowest BCUT2D eigenvalue weighted by atomic mass is 9.81. The van der Waals surface area contributed by atoms with Gasteiger partial charge in [0.25, 0.3) is 0 Å². The average Bonchev–Trinajstić information content (AvgIpc) is 3.37. The van der Waals surface area contributed by atoms with Crippen molar-refractivity contribution in [3.63, 3.8) is 0 Å². The molecule has 7 rings (SSSR count). The number of fused-ring (bicyclic) bond motifs is 4. The number of rotatable bonds is 5. The van der Waals surface area contributed by atoms with Crippen LogP contribution in [-0.4, -0.2) is 15.5 Å². The lowest BCUT2D eigenvalue weighted by molar-refractivity contribution is 0.224. The monoisotopic (exact) mass is 522 g/mol. The van der Waals surface area contributed by atoms with Crippen LogP contribution in [0.15, 0.2) is 121 Å². The van der Waals surface area contributed by atoms with Gasteiger partial charge in [-0.15, -0.1) is 0 Å². The van der Waals surface area contributed by atoms with Gasteiger partial charge in [0, 0.05) is 52.1 Å². The van der Waals surface area contributed by atoms with Crippen LogP contribution < -0.4 is 0 Å². The van der Waals surface area contributed by atoms with Crippen LogP contribution in [0, 0.1) is 5.92 Å². The standard InChI is InChI=1S/C38H38N2/c1-3-12-31-32-14-8-10-17-36(32)39(35(31)4-2)29-23-19-27(20-24-29)28-21-25-30(26-22-28)40-37-16-7-5-6-13-33(37)34-15-9-11-18-38(34)40/h3-7,9,11-13,15,18-19,21-23,25-26,32,36H,2,8,10,14,16-17,20,24H2,1H3/b12-3-. The van der Waals surface area contributed by atoms with E-state index in [4.69, 9.17) is 0 Å². The molecule has 0 radical (unpaired) electrons. The molecule has 0 amide bonds. The molecule has 0 N–H and O–H groups in total. The molecule has 40 heavy (non-hydrogen) atoms. The number of nitrogens with zero attached hydrogens (tertiary/aromatic N) is 2. The Morgan fingerprint density at radius 2 is 1.77 bits per heavy atom. The molecule has 2 unspecified atom stereocenters. The molecule has 200 valence electrons. The van der Waals surface area contributed by atoms with Crippen molar-refractivity contribution in [1.29, 1.82) is 0 Å². The summed E-state index contributed by atoms with van der Waals surface area (Å²) in [5.41, 5.74) is 12.2. The first kappa shape index (κ1) is 25.0. The van der Waals surface area contributed by atoms with Crippen molar-refractivity contribution in [1.82, 2.24) is 9.47 Å². The summed E-state index contributed by atoms with van der Waals surface area (Å²) in [6, 6.07) is 18.6. The molecule has 1 saturated carbocycles. The maximum atomic E-state index is 4.24. The molecule has 3 aromatic rings. The Morgan fingerprint density at radius 3 is 2.58 bits per heavy atom. The summed E-state index contributed by atoms with van der Waals surface area (Å²) < 4.78 is 2.45. The van der Waals surface area contributed by atoms with Gasteiger partial charge < -0.3 is 9.47 Å². The average molecular weight is 523 g/mol. The molecule has 2 aromatic carbocycles. The summed E-state index contributed by atoms with van der Waals surface area (Å²) >= 11 is 0. The van der Waals surface area contributed by atoms with E-state index in [1.165, 1.54) is 81.6 Å². The maximum absolute atomic E-state index is 4.24. The van der Waals surface area contributed by atoms with E-state index in [0.717, 1.165) is 19.3 Å². The number of para-hydroxylation sites is 1. The number of hydrogen-bond acceptors (Lipinski definition) is 1. The van der Waals surface area contributed by atoms with Gasteiger partial charge in [0.15, 0.2) is 0 Å². The van der Waals surface area contributed by atoms with Crippen molar-refractivity contribution in [3.05, 3.63) is 138 Å². The predicted octanol–water partition coefficient (Wildman–Crippen LogP) is 9.71. The van der Waals surface area contributed by atoms with E-state index in [1.807, 2.05) is 0 Å². The van der Waals surface area contributed by atoms with Gasteiger partial charge in [-0.1, -0.05) is 92.3 Å². The van der Waals surface area contributed by atoms with Crippen molar-refractivity contribution in [2.75, 3.05) is 0 Å². The molecule has 4 aliphatic rings. The van der Waals surface area contributed by atoms with Gasteiger partial charge in [-0.2, -0.15) is 0 Å². The maximum Gasteiger partial charge on any atom is 0.0537 e. The molecular formula is C38H38N2. The minimum absolute atomic E-state index is 0.588. The second-order valence-electron chi connectivity index (χ2n) is 11.5. The van der Waals surface area contributed by atoms with Crippen molar-refractivity contribution >= 4 is 22.6 Å². The number of hydrogen-bond donors (Lipinski definition) is 0. The lowest BCUT2D eigenvalue weighted by Gasteiger charge is -2.37. The van der Waals surface area contributed by atoms with Gasteiger partial charge in [-0.25, -0.2) is 0 Å². The summed E-state index contributed by atoms with van der Waals surface area (Å²) in [5.74, 6) is 0.641. The Hall–Kier alpha value is -4.04. The Balaban J connectivity index is 1.20. The molecule has 0 spiro atoms. The van der Waals surface area contributed by atoms with Gasteiger partial charge in [-0.05, 0) is 79.7 Å². The van der Waals surface area contributed by atoms with Crippen LogP contribution in [0.1, 0.15) is 62.3 Å². The van der Waals surface area contributed by atoms with Crippen molar-refractivity contribution in [3.8, 4) is 5.69 Å². The number of allylic oxidation sites excluding steroid dienone is 10. The fourth-order valence-electron chi connectivity index (χ4n) is 7.57. The van der Waals surface area contributed by atoms with Gasteiger partial charge in [0.1, 0.15) is 0 Å². The molecular weight excluding hydrogens is 484 g/mol. The minimum Gasteiger partial charge on any atom is -0.341 e. The zero-order valence-corrected chi connectivity index (χ0v) is 23.5. The van der Waals surface area contributed by atoms with Gasteiger partial charge in [0.2, 0.25) is 0 Å². The summed E-state index contributed by atoms with van der Waals surface area (Å²) in [6.07, 6.45) is 28.6. The van der Waals surface area contributed by atoms with E-state index >= 15 is 0 Å². The Kier molecular flexibility index (Phi) is 6.55. The third kappa shape index (κ3) is 4.09. The molecule has 2 atom stereocenters. The fraction of sp³-hybridized carbons (Fsp3) is 0.263. The van der Waals surface area contributed by atoms with E-state index in [1.54, 1.807) is 0 Å². The first-order chi connectivity index (χ1) is 19.8. The van der Waals surface area contributed by atoms with Gasteiger partial charge in [-0.3, -0.25) is 0 Å². The highest BCUT2D eigenvalue weighted by Gasteiger charge is 2.41. The topological polar surface area (TPSA) is 8.17 Å². The van der Waals surface area contributed by atoms with Crippen LogP contribution in [0.4, 0.5) is 0 Å². The summed E-state index contributed by atoms with van der Waals surface area (Å²) in [4.78, 5) is 2.65. The van der Waals surface area contributed by atoms with Gasteiger partial charge >= 0.3 is 0 Å². The molecule has 2 heterocycles. The van der Waals surface area contributed by atoms with Crippen LogP contribution in [-0.2, 0) is 6.42 Å². The van der Waals surface area contributed by atoms with Crippen molar-refractivity contribution in [2.24, 2.45) is 5.92 Å². The van der Waals surface area contributed by atoms with E-state index in [9.17, 15) is 0 Å². The molecule has 2 heteroatoms. The Bertz CT molecular complexity index is 1650. The molecule has 0 bridgehead atoms. The van der Waals surface area contributed by atoms with E-state index in [0.29, 0.717) is 12.0 Å². The van der Waals surface area contributed by atoms with Crippen LogP contribution in [0.25, 0.3) is 28.2 Å². The summed E-state index contributed by atoms with van der Waals surface area (Å²) in [6.45, 7) is 6.37. The molecule has 1 aromatic heterocycles. The first-order valence-corrected chi connectivity index (χ1v) is 15.0. The van der Waals surface area contributed by atoms with E-state index in [-0.39, 0.29) is 0 Å². The van der Waals surface area contributed by atoms with Gasteiger partial charge in [0.05, 0.1) is 5.52 Å². The Labute approximate surface area is 238 Å². The van der Waals surface area contributed by atoms with Crippen LogP contribution in [0.2, 0.25) is 0 Å². The molecule has 1 fully saturated rings. The smallest absolute Gasteiger partial charge is 0.0537 e. The zero-order valence-electron chi connectivity index (χ0n) is 23.5. The molecule has 0 saturated heterocycles. The molecule has 2 nitrogen and oxygen atoms in total. The van der Waals surface area contributed by atoms with Crippen molar-refractivity contribution in [2.45, 2.75) is 57.9 Å². The van der Waals surface area contributed by atoms with E-state index < -0.39 is 0 Å². The number of aromatic nitrogens is 1. The highest BCUT2D eigenvalue weighted by atomic mass is 15.2. The first-order valence-electron chi connectivity index (χ1n) is 15.0. The normalized spacial score (nSPS) is 22.4.